The predicted molar refractivity (Wildman–Crippen MR) is 55.4 cm³/mol. The Hall–Kier alpha value is -0.550. The Bertz CT molecular complexity index is 298. The van der Waals surface area contributed by atoms with Gasteiger partial charge in [0.1, 0.15) is 0 Å². The van der Waals surface area contributed by atoms with Gasteiger partial charge in [-0.25, -0.2) is 0 Å². The summed E-state index contributed by atoms with van der Waals surface area (Å²) in [5, 5.41) is 12.4. The number of thioether (sulfide) groups is 1. The van der Waals surface area contributed by atoms with Crippen LogP contribution in [0.25, 0.3) is 0 Å². The van der Waals surface area contributed by atoms with Crippen LogP contribution >= 0.6 is 11.8 Å². The molecular formula is C9H15N3OS. The van der Waals surface area contributed by atoms with Crippen LogP contribution in [-0.2, 0) is 0 Å². The molecule has 1 aromatic heterocycles. The van der Waals surface area contributed by atoms with Crippen LogP contribution in [0.2, 0.25) is 0 Å². The van der Waals surface area contributed by atoms with Crippen molar-refractivity contribution in [1.29, 1.82) is 0 Å². The van der Waals surface area contributed by atoms with Gasteiger partial charge in [0.05, 0.1) is 0 Å². The molecule has 14 heavy (non-hydrogen) atoms. The molecule has 1 saturated carbocycles. The number of nitrogens with zero attached hydrogens (tertiary/aromatic N) is 2. The lowest BCUT2D eigenvalue weighted by molar-refractivity contribution is 0.428. The second kappa shape index (κ2) is 4.31. The lowest BCUT2D eigenvalue weighted by Gasteiger charge is -2.08. The molecule has 1 aliphatic rings. The van der Waals surface area contributed by atoms with E-state index in [0.29, 0.717) is 16.4 Å². The second-order valence-electron chi connectivity index (χ2n) is 3.70. The van der Waals surface area contributed by atoms with Crippen molar-refractivity contribution in [3.63, 3.8) is 0 Å². The van der Waals surface area contributed by atoms with E-state index in [-0.39, 0.29) is 0 Å². The van der Waals surface area contributed by atoms with E-state index in [1.54, 1.807) is 11.8 Å². The van der Waals surface area contributed by atoms with Crippen molar-refractivity contribution in [3.8, 4) is 0 Å². The summed E-state index contributed by atoms with van der Waals surface area (Å²) in [6, 6.07) is 0.766. The van der Waals surface area contributed by atoms with Crippen LogP contribution in [0, 0.1) is 6.92 Å². The van der Waals surface area contributed by atoms with E-state index in [1.165, 1.54) is 12.8 Å². The fourth-order valence-corrected chi connectivity index (χ4v) is 1.94. The minimum atomic E-state index is 0.482. The van der Waals surface area contributed by atoms with E-state index in [9.17, 15) is 0 Å². The zero-order chi connectivity index (χ0) is 9.97. The van der Waals surface area contributed by atoms with Gasteiger partial charge in [0.2, 0.25) is 5.89 Å². The first-order chi connectivity index (χ1) is 6.74. The number of aryl methyl sites for hydroxylation is 1. The first-order valence-electron chi connectivity index (χ1n) is 4.94. The Labute approximate surface area is 87.9 Å². The molecule has 1 fully saturated rings. The van der Waals surface area contributed by atoms with Gasteiger partial charge in [-0.05, 0) is 12.8 Å². The maximum atomic E-state index is 5.29. The summed E-state index contributed by atoms with van der Waals surface area (Å²) >= 11 is 1.63. The summed E-state index contributed by atoms with van der Waals surface area (Å²) in [5.74, 6) is 0.634. The van der Waals surface area contributed by atoms with Gasteiger partial charge in [0.15, 0.2) is 0 Å². The van der Waals surface area contributed by atoms with Crippen molar-refractivity contribution in [2.24, 2.45) is 0 Å². The molecule has 0 bridgehead atoms. The standard InChI is InChI=1S/C9H15N3OS/c1-6(5-10-8-3-4-8)14-9-12-11-7(2)13-9/h6,8,10H,3-5H2,1-2H3. The third-order valence-corrected chi connectivity index (χ3v) is 3.02. The first-order valence-corrected chi connectivity index (χ1v) is 5.82. The van der Waals surface area contributed by atoms with Crippen LogP contribution in [0.5, 0.6) is 0 Å². The van der Waals surface area contributed by atoms with Crippen LogP contribution in [0.15, 0.2) is 9.64 Å². The van der Waals surface area contributed by atoms with E-state index < -0.39 is 0 Å². The second-order valence-corrected chi connectivity index (χ2v) is 5.09. The summed E-state index contributed by atoms with van der Waals surface area (Å²) in [4.78, 5) is 0. The predicted octanol–water partition coefficient (Wildman–Crippen LogP) is 1.61. The van der Waals surface area contributed by atoms with Crippen molar-refractivity contribution in [1.82, 2.24) is 15.5 Å². The van der Waals surface area contributed by atoms with Gasteiger partial charge in [-0.15, -0.1) is 10.2 Å². The van der Waals surface area contributed by atoms with Gasteiger partial charge >= 0.3 is 0 Å². The maximum Gasteiger partial charge on any atom is 0.276 e. The van der Waals surface area contributed by atoms with Crippen LogP contribution in [0.4, 0.5) is 0 Å². The van der Waals surface area contributed by atoms with Gasteiger partial charge in [0.25, 0.3) is 5.22 Å². The monoisotopic (exact) mass is 213 g/mol. The summed E-state index contributed by atoms with van der Waals surface area (Å²) in [5.41, 5.74) is 0. The summed E-state index contributed by atoms with van der Waals surface area (Å²) < 4.78 is 5.29. The number of hydrogen-bond donors (Lipinski definition) is 1. The molecule has 1 aliphatic carbocycles. The van der Waals surface area contributed by atoms with Crippen molar-refractivity contribution in [3.05, 3.63) is 5.89 Å². The molecule has 0 aromatic carbocycles. The average molecular weight is 213 g/mol. The van der Waals surface area contributed by atoms with E-state index in [1.807, 2.05) is 6.92 Å². The maximum absolute atomic E-state index is 5.29. The van der Waals surface area contributed by atoms with Gasteiger partial charge in [-0.2, -0.15) is 0 Å². The van der Waals surface area contributed by atoms with Crippen LogP contribution in [0.1, 0.15) is 25.7 Å². The minimum absolute atomic E-state index is 0.482. The average Bonchev–Trinajstić information content (AvgIpc) is 2.88. The first kappa shape index (κ1) is 9.98. The highest BCUT2D eigenvalue weighted by atomic mass is 32.2. The van der Waals surface area contributed by atoms with Gasteiger partial charge in [-0.3, -0.25) is 0 Å². The zero-order valence-corrected chi connectivity index (χ0v) is 9.30. The molecule has 78 valence electrons. The molecule has 1 N–H and O–H groups in total. The SMILES string of the molecule is Cc1nnc(SC(C)CNC2CC2)o1. The Morgan fingerprint density at radius 3 is 2.93 bits per heavy atom. The topological polar surface area (TPSA) is 51.0 Å². The molecule has 0 spiro atoms. The number of nitrogens with one attached hydrogen (secondary N) is 1. The fourth-order valence-electron chi connectivity index (χ4n) is 1.16. The third kappa shape index (κ3) is 2.99. The third-order valence-electron chi connectivity index (χ3n) is 2.08. The molecule has 1 heterocycles. The summed E-state index contributed by atoms with van der Waals surface area (Å²) in [6.07, 6.45) is 2.66. The van der Waals surface area contributed by atoms with Crippen LogP contribution in [0.3, 0.4) is 0 Å². The lowest BCUT2D eigenvalue weighted by Crippen LogP contribution is -2.24. The van der Waals surface area contributed by atoms with E-state index >= 15 is 0 Å². The molecule has 5 heteroatoms. The normalized spacial score (nSPS) is 18.4. The summed E-state index contributed by atoms with van der Waals surface area (Å²) in [6.45, 7) is 4.99. The minimum Gasteiger partial charge on any atom is -0.416 e. The molecule has 0 amide bonds. The quantitative estimate of drug-likeness (QED) is 0.753. The van der Waals surface area contributed by atoms with Crippen molar-refractivity contribution < 1.29 is 4.42 Å². The lowest BCUT2D eigenvalue weighted by atomic mass is 10.4. The van der Waals surface area contributed by atoms with E-state index in [2.05, 4.69) is 22.4 Å². The van der Waals surface area contributed by atoms with Crippen molar-refractivity contribution in [2.45, 2.75) is 43.2 Å². The molecule has 1 aromatic rings. The molecule has 1 unspecified atom stereocenters. The zero-order valence-electron chi connectivity index (χ0n) is 8.49. The summed E-state index contributed by atoms with van der Waals surface area (Å²) in [7, 11) is 0. The molecule has 2 rings (SSSR count). The molecular weight excluding hydrogens is 198 g/mol. The molecule has 0 aliphatic heterocycles. The molecule has 4 nitrogen and oxygen atoms in total. The van der Waals surface area contributed by atoms with Crippen molar-refractivity contribution >= 4 is 11.8 Å². The number of hydrogen-bond acceptors (Lipinski definition) is 5. The van der Waals surface area contributed by atoms with Gasteiger partial charge < -0.3 is 9.73 Å². The van der Waals surface area contributed by atoms with Crippen LogP contribution < -0.4 is 5.32 Å². The van der Waals surface area contributed by atoms with Crippen LogP contribution in [-0.4, -0.2) is 28.0 Å². The Morgan fingerprint density at radius 2 is 2.36 bits per heavy atom. The number of aromatic nitrogens is 2. The highest BCUT2D eigenvalue weighted by Gasteiger charge is 2.21. The van der Waals surface area contributed by atoms with E-state index in [0.717, 1.165) is 12.6 Å². The Kier molecular flexibility index (Phi) is 3.08. The Balaban J connectivity index is 1.72. The largest absolute Gasteiger partial charge is 0.416 e. The molecule has 1 atom stereocenters. The molecule has 0 saturated heterocycles. The fraction of sp³-hybridized carbons (Fsp3) is 0.778. The molecule has 0 radical (unpaired) electrons. The van der Waals surface area contributed by atoms with Crippen molar-refractivity contribution in [2.75, 3.05) is 6.54 Å². The van der Waals surface area contributed by atoms with E-state index in [4.69, 9.17) is 4.42 Å². The van der Waals surface area contributed by atoms with Gasteiger partial charge in [0, 0.05) is 24.8 Å². The highest BCUT2D eigenvalue weighted by molar-refractivity contribution is 7.99. The van der Waals surface area contributed by atoms with Gasteiger partial charge in [-0.1, -0.05) is 18.7 Å². The smallest absolute Gasteiger partial charge is 0.276 e. The Morgan fingerprint density at radius 1 is 1.57 bits per heavy atom. The number of rotatable bonds is 5. The highest BCUT2D eigenvalue weighted by Crippen LogP contribution is 2.23.